The summed E-state index contributed by atoms with van der Waals surface area (Å²) in [5, 5.41) is 11.1. The highest BCUT2D eigenvalue weighted by Crippen LogP contribution is 2.45. The maximum absolute atomic E-state index is 6.63. The molecule has 0 saturated carbocycles. The Hall–Kier alpha value is -7.83. The number of furan rings is 2. The van der Waals surface area contributed by atoms with E-state index in [1.807, 2.05) is 36.4 Å². The third kappa shape index (κ3) is 4.32. The fourth-order valence-electron chi connectivity index (χ4n) is 9.14. The predicted molar refractivity (Wildman–Crippen MR) is 231 cm³/mol. The van der Waals surface area contributed by atoms with Crippen molar-refractivity contribution in [2.75, 3.05) is 0 Å². The number of hydrogen-bond acceptors (Lipinski definition) is 5. The van der Waals surface area contributed by atoms with Gasteiger partial charge in [0.25, 0.3) is 0 Å². The summed E-state index contributed by atoms with van der Waals surface area (Å²) in [6.07, 6.45) is 0. The van der Waals surface area contributed by atoms with Gasteiger partial charge in [-0.05, 0) is 81.2 Å². The van der Waals surface area contributed by atoms with Crippen molar-refractivity contribution in [2.24, 2.45) is 0 Å². The number of benzene rings is 9. The van der Waals surface area contributed by atoms with Crippen molar-refractivity contribution in [3.63, 3.8) is 0 Å². The summed E-state index contributed by atoms with van der Waals surface area (Å²) < 4.78 is 15.2. The molecule has 4 aromatic heterocycles. The Kier molecular flexibility index (Phi) is 6.07. The summed E-state index contributed by atoms with van der Waals surface area (Å²) in [5.74, 6) is 1.63. The van der Waals surface area contributed by atoms with Gasteiger partial charge in [0.05, 0.1) is 11.0 Å². The number of nitrogens with zero attached hydrogens (tertiary/aromatic N) is 4. The van der Waals surface area contributed by atoms with E-state index in [1.165, 1.54) is 16.3 Å². The molecule has 0 amide bonds. The smallest absolute Gasteiger partial charge is 0.238 e. The molecule has 0 N–H and O–H groups in total. The molecule has 264 valence electrons. The molecular weight excluding hydrogens is 701 g/mol. The van der Waals surface area contributed by atoms with Crippen LogP contribution in [-0.2, 0) is 0 Å². The first kappa shape index (κ1) is 30.5. The lowest BCUT2D eigenvalue weighted by Gasteiger charge is -2.13. The van der Waals surface area contributed by atoms with Crippen LogP contribution < -0.4 is 0 Å². The minimum absolute atomic E-state index is 0.527. The van der Waals surface area contributed by atoms with Crippen LogP contribution >= 0.6 is 0 Å². The minimum atomic E-state index is 0.527. The Morgan fingerprint density at radius 3 is 1.82 bits per heavy atom. The molecule has 57 heavy (non-hydrogen) atoms. The highest BCUT2D eigenvalue weighted by atomic mass is 16.3. The second-order valence-corrected chi connectivity index (χ2v) is 14.7. The van der Waals surface area contributed by atoms with Crippen molar-refractivity contribution in [3.8, 4) is 39.9 Å². The van der Waals surface area contributed by atoms with Crippen LogP contribution in [0.1, 0.15) is 0 Å². The summed E-state index contributed by atoms with van der Waals surface area (Å²) in [6, 6.07) is 59.1. The third-order valence-corrected chi connectivity index (χ3v) is 11.6. The molecule has 0 aliphatic rings. The predicted octanol–water partition coefficient (Wildman–Crippen LogP) is 13.5. The van der Waals surface area contributed by atoms with Gasteiger partial charge in [-0.15, -0.1) is 0 Å². The molecule has 13 rings (SSSR count). The molecule has 0 spiro atoms. The summed E-state index contributed by atoms with van der Waals surface area (Å²) in [6.45, 7) is 0. The molecule has 0 fully saturated rings. The van der Waals surface area contributed by atoms with E-state index >= 15 is 0 Å². The maximum atomic E-state index is 6.63. The summed E-state index contributed by atoms with van der Waals surface area (Å²) in [5.41, 5.74) is 9.32. The van der Waals surface area contributed by atoms with Gasteiger partial charge in [-0.25, -0.2) is 4.98 Å². The van der Waals surface area contributed by atoms with Gasteiger partial charge in [-0.2, -0.15) is 9.97 Å². The number of rotatable bonds is 4. The molecule has 0 bridgehead atoms. The first-order valence-corrected chi connectivity index (χ1v) is 19.1. The summed E-state index contributed by atoms with van der Waals surface area (Å²) >= 11 is 0. The number of aromatic nitrogens is 4. The van der Waals surface area contributed by atoms with E-state index in [0.29, 0.717) is 17.6 Å². The molecule has 0 unspecified atom stereocenters. The quantitative estimate of drug-likeness (QED) is 0.169. The average molecular weight is 729 g/mol. The number of para-hydroxylation sites is 2. The first-order chi connectivity index (χ1) is 28.2. The molecule has 13 aromatic rings. The van der Waals surface area contributed by atoms with Gasteiger partial charge in [0.2, 0.25) is 5.95 Å². The zero-order valence-corrected chi connectivity index (χ0v) is 30.3. The Morgan fingerprint density at radius 1 is 0.333 bits per heavy atom. The van der Waals surface area contributed by atoms with Gasteiger partial charge in [0.15, 0.2) is 11.6 Å². The van der Waals surface area contributed by atoms with E-state index < -0.39 is 0 Å². The Morgan fingerprint density at radius 2 is 0.947 bits per heavy atom. The highest BCUT2D eigenvalue weighted by molar-refractivity contribution is 6.33. The van der Waals surface area contributed by atoms with Crippen LogP contribution in [0.5, 0.6) is 0 Å². The van der Waals surface area contributed by atoms with Crippen molar-refractivity contribution in [3.05, 3.63) is 170 Å². The fourth-order valence-corrected chi connectivity index (χ4v) is 9.14. The zero-order valence-electron chi connectivity index (χ0n) is 30.3. The van der Waals surface area contributed by atoms with E-state index in [0.717, 1.165) is 93.1 Å². The van der Waals surface area contributed by atoms with E-state index in [1.54, 1.807) is 0 Å². The van der Waals surface area contributed by atoms with Gasteiger partial charge < -0.3 is 8.83 Å². The molecule has 0 atom stereocenters. The summed E-state index contributed by atoms with van der Waals surface area (Å²) in [7, 11) is 0. The van der Waals surface area contributed by atoms with Crippen molar-refractivity contribution in [1.82, 2.24) is 19.5 Å². The van der Waals surface area contributed by atoms with Crippen molar-refractivity contribution in [2.45, 2.75) is 0 Å². The molecule has 0 aliphatic carbocycles. The molecule has 9 aromatic carbocycles. The lowest BCUT2D eigenvalue weighted by atomic mass is 9.93. The van der Waals surface area contributed by atoms with E-state index in [4.69, 9.17) is 23.8 Å². The second kappa shape index (κ2) is 11.4. The van der Waals surface area contributed by atoms with Crippen LogP contribution in [0.3, 0.4) is 0 Å². The van der Waals surface area contributed by atoms with Crippen LogP contribution in [0, 0.1) is 0 Å². The SMILES string of the molecule is c1ccc(-c2ccc3c(c2)c2ccccc2n3-c2nc(-c3cc4oc5cccc6c7ccccc7c(c3)c4c56)nc(-c3cccc4oc5ccccc5c34)n2)cc1. The fraction of sp³-hybridized carbons (Fsp3) is 0. The molecule has 0 radical (unpaired) electrons. The zero-order chi connectivity index (χ0) is 37.2. The van der Waals surface area contributed by atoms with Gasteiger partial charge >= 0.3 is 0 Å². The molecule has 6 heteroatoms. The van der Waals surface area contributed by atoms with Crippen molar-refractivity contribution >= 4 is 87.2 Å². The van der Waals surface area contributed by atoms with Crippen molar-refractivity contribution in [1.29, 1.82) is 0 Å². The van der Waals surface area contributed by atoms with Crippen molar-refractivity contribution < 1.29 is 8.83 Å². The third-order valence-electron chi connectivity index (χ3n) is 11.6. The van der Waals surface area contributed by atoms with Gasteiger partial charge in [0, 0.05) is 43.4 Å². The highest BCUT2D eigenvalue weighted by Gasteiger charge is 2.23. The molecule has 4 heterocycles. The van der Waals surface area contributed by atoms with Crippen LogP contribution in [0.15, 0.2) is 179 Å². The average Bonchev–Trinajstić information content (AvgIpc) is 3.96. The van der Waals surface area contributed by atoms with Crippen LogP contribution in [0.25, 0.3) is 127 Å². The Labute approximate surface area is 324 Å². The van der Waals surface area contributed by atoms with Crippen LogP contribution in [-0.4, -0.2) is 19.5 Å². The lowest BCUT2D eigenvalue weighted by molar-refractivity contribution is 0.669. The van der Waals surface area contributed by atoms with Gasteiger partial charge in [-0.1, -0.05) is 121 Å². The first-order valence-electron chi connectivity index (χ1n) is 19.1. The Balaban J connectivity index is 1.13. The second-order valence-electron chi connectivity index (χ2n) is 14.7. The largest absolute Gasteiger partial charge is 0.456 e. The monoisotopic (exact) mass is 728 g/mol. The topological polar surface area (TPSA) is 69.9 Å². The van der Waals surface area contributed by atoms with E-state index in [2.05, 4.69) is 138 Å². The standard InChI is InChI=1S/C51H28N4O2/c1-2-12-29(13-3-1)30-24-25-41-38(26-30)34-16-6-8-20-40(34)55(41)51-53-49(52-50(54-51)37-19-11-22-43-46(37)36-17-7-9-21-42(36)56-43)31-27-39-33-15-5-4-14-32(33)35-18-10-23-44-47(35)48(39)45(28-31)57-44/h1-28H. The molecule has 0 aliphatic heterocycles. The van der Waals surface area contributed by atoms with E-state index in [-0.39, 0.29) is 0 Å². The normalized spacial score (nSPS) is 12.2. The Bertz CT molecular complexity index is 3760. The minimum Gasteiger partial charge on any atom is -0.456 e. The van der Waals surface area contributed by atoms with E-state index in [9.17, 15) is 0 Å². The molecule has 0 saturated heterocycles. The molecular formula is C51H28N4O2. The molecule has 6 nitrogen and oxygen atoms in total. The number of hydrogen-bond donors (Lipinski definition) is 0. The van der Waals surface area contributed by atoms with Crippen LogP contribution in [0.4, 0.5) is 0 Å². The lowest BCUT2D eigenvalue weighted by Crippen LogP contribution is -2.06. The summed E-state index contributed by atoms with van der Waals surface area (Å²) in [4.78, 5) is 16.0. The van der Waals surface area contributed by atoms with Gasteiger partial charge in [-0.3, -0.25) is 4.57 Å². The number of fused-ring (bicyclic) bond motifs is 9. The van der Waals surface area contributed by atoms with Crippen LogP contribution in [0.2, 0.25) is 0 Å². The van der Waals surface area contributed by atoms with Gasteiger partial charge in [0.1, 0.15) is 22.3 Å². The maximum Gasteiger partial charge on any atom is 0.238 e.